The number of piperidine rings is 1. The second kappa shape index (κ2) is 7.34. The van der Waals surface area contributed by atoms with Gasteiger partial charge in [0.05, 0.1) is 11.8 Å². The summed E-state index contributed by atoms with van der Waals surface area (Å²) in [5.74, 6) is -0.582. The standard InChI is InChI=1S/C19H30N2O4/c1-3-12(2)17(22)20-8-4-5-14(9-20)18(23)21-10-15(13-6-7-13)16(11-21)19(24)25/h12-16H,3-11H2,1-2H3,(H,24,25)/t12?,14?,15-,16+/m1/s1. The Balaban J connectivity index is 1.62. The Hall–Kier alpha value is -1.59. The van der Waals surface area contributed by atoms with Crippen LogP contribution in [0.1, 0.15) is 46.0 Å². The summed E-state index contributed by atoms with van der Waals surface area (Å²) in [5, 5.41) is 9.48. The van der Waals surface area contributed by atoms with Crippen molar-refractivity contribution in [3.63, 3.8) is 0 Å². The van der Waals surface area contributed by atoms with Crippen molar-refractivity contribution < 1.29 is 19.5 Å². The van der Waals surface area contributed by atoms with Crippen LogP contribution in [0.2, 0.25) is 0 Å². The van der Waals surface area contributed by atoms with Crippen LogP contribution in [0.5, 0.6) is 0 Å². The van der Waals surface area contributed by atoms with Crippen molar-refractivity contribution in [2.75, 3.05) is 26.2 Å². The molecule has 6 nitrogen and oxygen atoms in total. The molecule has 3 aliphatic rings. The molecule has 0 aromatic carbocycles. The molecule has 1 saturated carbocycles. The number of nitrogens with zero attached hydrogens (tertiary/aromatic N) is 2. The third kappa shape index (κ3) is 3.82. The van der Waals surface area contributed by atoms with Crippen LogP contribution in [-0.4, -0.2) is 58.9 Å². The van der Waals surface area contributed by atoms with E-state index >= 15 is 0 Å². The number of amides is 2. The highest BCUT2D eigenvalue weighted by atomic mass is 16.4. The van der Waals surface area contributed by atoms with Gasteiger partial charge in [0.2, 0.25) is 11.8 Å². The molecule has 2 amide bonds. The number of likely N-dealkylation sites (tertiary alicyclic amines) is 2. The molecule has 25 heavy (non-hydrogen) atoms. The molecular weight excluding hydrogens is 320 g/mol. The fourth-order valence-electron chi connectivity index (χ4n) is 4.40. The molecule has 0 bridgehead atoms. The normalized spacial score (nSPS) is 31.0. The number of carboxylic acid groups (broad SMARTS) is 1. The molecule has 6 heteroatoms. The van der Waals surface area contributed by atoms with E-state index in [1.807, 2.05) is 18.7 Å². The van der Waals surface area contributed by atoms with Crippen molar-refractivity contribution in [2.45, 2.75) is 46.0 Å². The van der Waals surface area contributed by atoms with E-state index in [9.17, 15) is 19.5 Å². The number of hydrogen-bond donors (Lipinski definition) is 1. The van der Waals surface area contributed by atoms with Gasteiger partial charge in [0.25, 0.3) is 0 Å². The van der Waals surface area contributed by atoms with E-state index < -0.39 is 11.9 Å². The third-order valence-electron chi connectivity index (χ3n) is 6.34. The third-order valence-corrected chi connectivity index (χ3v) is 6.34. The van der Waals surface area contributed by atoms with Crippen LogP contribution in [0.3, 0.4) is 0 Å². The largest absolute Gasteiger partial charge is 0.481 e. The molecule has 0 aromatic rings. The first-order valence-electron chi connectivity index (χ1n) is 9.72. The minimum Gasteiger partial charge on any atom is -0.481 e. The van der Waals surface area contributed by atoms with Crippen LogP contribution in [0.25, 0.3) is 0 Å². The summed E-state index contributed by atoms with van der Waals surface area (Å²) in [6.45, 7) is 6.08. The molecule has 1 N–H and O–H groups in total. The van der Waals surface area contributed by atoms with Gasteiger partial charge in [0, 0.05) is 32.1 Å². The quantitative estimate of drug-likeness (QED) is 0.821. The summed E-state index contributed by atoms with van der Waals surface area (Å²) in [7, 11) is 0. The van der Waals surface area contributed by atoms with Gasteiger partial charge >= 0.3 is 5.97 Å². The zero-order chi connectivity index (χ0) is 18.1. The Bertz CT molecular complexity index is 546. The van der Waals surface area contributed by atoms with Crippen LogP contribution in [-0.2, 0) is 14.4 Å². The van der Waals surface area contributed by atoms with Gasteiger partial charge in [-0.3, -0.25) is 14.4 Å². The lowest BCUT2D eigenvalue weighted by molar-refractivity contribution is -0.143. The van der Waals surface area contributed by atoms with Gasteiger partial charge in [-0.05, 0) is 43.9 Å². The van der Waals surface area contributed by atoms with Crippen molar-refractivity contribution in [1.29, 1.82) is 0 Å². The van der Waals surface area contributed by atoms with Crippen LogP contribution >= 0.6 is 0 Å². The summed E-state index contributed by atoms with van der Waals surface area (Å²) in [6.07, 6.45) is 4.64. The summed E-state index contributed by atoms with van der Waals surface area (Å²) in [4.78, 5) is 40.5. The number of hydrogen-bond acceptors (Lipinski definition) is 3. The molecule has 3 rings (SSSR count). The predicted octanol–water partition coefficient (Wildman–Crippen LogP) is 1.84. The van der Waals surface area contributed by atoms with Crippen LogP contribution in [0.15, 0.2) is 0 Å². The zero-order valence-electron chi connectivity index (χ0n) is 15.3. The van der Waals surface area contributed by atoms with E-state index in [2.05, 4.69) is 0 Å². The molecule has 2 saturated heterocycles. The number of aliphatic carboxylic acids is 1. The number of carbonyl (C=O) groups is 3. The number of carbonyl (C=O) groups excluding carboxylic acids is 2. The fourth-order valence-corrected chi connectivity index (χ4v) is 4.40. The molecule has 0 aromatic heterocycles. The fraction of sp³-hybridized carbons (Fsp3) is 0.842. The predicted molar refractivity (Wildman–Crippen MR) is 92.7 cm³/mol. The maximum Gasteiger partial charge on any atom is 0.308 e. The lowest BCUT2D eigenvalue weighted by Gasteiger charge is -2.35. The van der Waals surface area contributed by atoms with Gasteiger partial charge in [-0.25, -0.2) is 0 Å². The first kappa shape index (κ1) is 18.2. The summed E-state index contributed by atoms with van der Waals surface area (Å²) in [6, 6.07) is 0. The molecular formula is C19H30N2O4. The van der Waals surface area contributed by atoms with E-state index in [4.69, 9.17) is 0 Å². The maximum absolute atomic E-state index is 13.0. The average molecular weight is 350 g/mol. The molecule has 2 aliphatic heterocycles. The smallest absolute Gasteiger partial charge is 0.308 e. The van der Waals surface area contributed by atoms with E-state index in [0.29, 0.717) is 25.6 Å². The molecule has 2 unspecified atom stereocenters. The molecule has 0 spiro atoms. The maximum atomic E-state index is 13.0. The van der Waals surface area contributed by atoms with E-state index in [0.717, 1.165) is 38.6 Å². The van der Waals surface area contributed by atoms with E-state index in [-0.39, 0.29) is 29.6 Å². The van der Waals surface area contributed by atoms with Gasteiger partial charge in [0.15, 0.2) is 0 Å². The van der Waals surface area contributed by atoms with E-state index in [1.165, 1.54) is 0 Å². The summed E-state index contributed by atoms with van der Waals surface area (Å²) < 4.78 is 0. The van der Waals surface area contributed by atoms with Crippen LogP contribution in [0.4, 0.5) is 0 Å². The lowest BCUT2D eigenvalue weighted by Crippen LogP contribution is -2.47. The highest BCUT2D eigenvalue weighted by molar-refractivity contribution is 5.83. The zero-order valence-corrected chi connectivity index (χ0v) is 15.3. The average Bonchev–Trinajstić information content (AvgIpc) is 3.37. The van der Waals surface area contributed by atoms with Crippen molar-refractivity contribution in [3.8, 4) is 0 Å². The first-order chi connectivity index (χ1) is 11.9. The molecule has 0 radical (unpaired) electrons. The van der Waals surface area contributed by atoms with Crippen LogP contribution < -0.4 is 0 Å². The topological polar surface area (TPSA) is 77.9 Å². The second-order valence-corrected chi connectivity index (χ2v) is 8.12. The van der Waals surface area contributed by atoms with Gasteiger partial charge < -0.3 is 14.9 Å². The molecule has 3 fully saturated rings. The minimum absolute atomic E-state index is 0.00345. The van der Waals surface area contributed by atoms with Crippen molar-refractivity contribution in [2.24, 2.45) is 29.6 Å². The Morgan fingerprint density at radius 1 is 1.08 bits per heavy atom. The van der Waals surface area contributed by atoms with Gasteiger partial charge in [0.1, 0.15) is 0 Å². The Morgan fingerprint density at radius 3 is 2.40 bits per heavy atom. The monoisotopic (exact) mass is 350 g/mol. The summed E-state index contributed by atoms with van der Waals surface area (Å²) >= 11 is 0. The molecule has 2 heterocycles. The highest BCUT2D eigenvalue weighted by Gasteiger charge is 2.47. The Kier molecular flexibility index (Phi) is 5.35. The Morgan fingerprint density at radius 2 is 1.80 bits per heavy atom. The Labute approximate surface area is 149 Å². The van der Waals surface area contributed by atoms with Gasteiger partial charge in [-0.15, -0.1) is 0 Å². The lowest BCUT2D eigenvalue weighted by atomic mass is 9.92. The molecule has 140 valence electrons. The van der Waals surface area contributed by atoms with E-state index in [1.54, 1.807) is 4.90 Å². The molecule has 4 atom stereocenters. The first-order valence-corrected chi connectivity index (χ1v) is 9.72. The van der Waals surface area contributed by atoms with Gasteiger partial charge in [-0.1, -0.05) is 13.8 Å². The van der Waals surface area contributed by atoms with Crippen molar-refractivity contribution >= 4 is 17.8 Å². The highest BCUT2D eigenvalue weighted by Crippen LogP contribution is 2.44. The second-order valence-electron chi connectivity index (χ2n) is 8.12. The number of rotatable bonds is 5. The summed E-state index contributed by atoms with van der Waals surface area (Å²) in [5.41, 5.74) is 0. The van der Waals surface area contributed by atoms with Crippen LogP contribution in [0, 0.1) is 29.6 Å². The SMILES string of the molecule is CCC(C)C(=O)N1CCCC(C(=O)N2C[C@H](C(=O)O)[C@@H](C3CC3)C2)C1. The molecule has 1 aliphatic carbocycles. The van der Waals surface area contributed by atoms with Crippen molar-refractivity contribution in [1.82, 2.24) is 9.80 Å². The minimum atomic E-state index is -0.774. The number of carboxylic acids is 1. The van der Waals surface area contributed by atoms with Gasteiger partial charge in [-0.2, -0.15) is 0 Å². The van der Waals surface area contributed by atoms with Crippen molar-refractivity contribution in [3.05, 3.63) is 0 Å².